The van der Waals surface area contributed by atoms with Crippen LogP contribution in [0.3, 0.4) is 0 Å². The Balaban J connectivity index is 1.89. The molecule has 0 saturated carbocycles. The van der Waals surface area contributed by atoms with E-state index in [0.29, 0.717) is 11.8 Å². The molecule has 0 N–H and O–H groups in total. The fraction of sp³-hybridized carbons (Fsp3) is 0.466. The normalized spacial score (nSPS) is 14.4. The topological polar surface area (TPSA) is 48.4 Å². The number of aliphatic imine (C=N–C) groups is 1. The van der Waals surface area contributed by atoms with Crippen LogP contribution in [0, 0.1) is 0 Å². The summed E-state index contributed by atoms with van der Waals surface area (Å²) in [5, 5.41) is 0. The molecule has 6 nitrogen and oxygen atoms in total. The van der Waals surface area contributed by atoms with Crippen LogP contribution in [0.25, 0.3) is 0 Å². The van der Waals surface area contributed by atoms with E-state index in [-0.39, 0.29) is 35.5 Å². The smallest absolute Gasteiger partial charge is 0.530 e. The Kier molecular flexibility index (Phi) is 17.3. The lowest BCUT2D eigenvalue weighted by atomic mass is 9.92. The van der Waals surface area contributed by atoms with E-state index in [0.717, 1.165) is 56.7 Å². The van der Waals surface area contributed by atoms with Crippen LogP contribution in [0.5, 0.6) is 0 Å². The van der Waals surface area contributed by atoms with E-state index in [1.54, 1.807) is 0 Å². The van der Waals surface area contributed by atoms with Crippen molar-refractivity contribution >= 4 is 46.9 Å². The quantitative estimate of drug-likeness (QED) is 0.0780. The maximum atomic E-state index is 16.4. The van der Waals surface area contributed by atoms with Gasteiger partial charge in [0.25, 0.3) is 0 Å². The minimum atomic E-state index is -3.15. The van der Waals surface area contributed by atoms with E-state index in [1.807, 2.05) is 4.57 Å². The van der Waals surface area contributed by atoms with Crippen molar-refractivity contribution in [3.63, 3.8) is 0 Å². The molecule has 1 aliphatic rings. The van der Waals surface area contributed by atoms with Gasteiger partial charge in [-0.2, -0.15) is 0 Å². The van der Waals surface area contributed by atoms with E-state index in [9.17, 15) is 0 Å². The van der Waals surface area contributed by atoms with Crippen LogP contribution < -0.4 is 13.7 Å². The lowest BCUT2D eigenvalue weighted by Crippen LogP contribution is -2.60. The Hall–Kier alpha value is -4.80. The number of hydrogen-bond donors (Lipinski definition) is 0. The van der Waals surface area contributed by atoms with E-state index < -0.39 is 18.5 Å². The summed E-state index contributed by atoms with van der Waals surface area (Å²) >= 11 is 0. The Morgan fingerprint density at radius 1 is 0.576 bits per heavy atom. The molecule has 0 spiro atoms. The molecule has 0 fully saturated rings. The highest BCUT2D eigenvalue weighted by molar-refractivity contribution is 6.70. The molecule has 5 rings (SSSR count). The summed E-state index contributed by atoms with van der Waals surface area (Å²) in [6.45, 7) is 47.0. The third kappa shape index (κ3) is 11.0. The zero-order chi connectivity index (χ0) is 49.1. The molecule has 0 aromatic heterocycles. The second kappa shape index (κ2) is 21.9. The Morgan fingerprint density at radius 3 is 1.27 bits per heavy atom. The van der Waals surface area contributed by atoms with Crippen LogP contribution in [0.15, 0.2) is 114 Å². The van der Waals surface area contributed by atoms with Gasteiger partial charge in [0, 0.05) is 39.9 Å². The minimum absolute atomic E-state index is 0.157. The maximum Gasteiger partial charge on any atom is 0.634 e. The second-order valence-electron chi connectivity index (χ2n) is 20.9. The molecule has 0 atom stereocenters. The molecule has 0 unspecified atom stereocenters. The van der Waals surface area contributed by atoms with E-state index in [2.05, 4.69) is 226 Å². The van der Waals surface area contributed by atoms with Crippen molar-refractivity contribution in [3.8, 4) is 0 Å². The molecular formula is C58H81N4O2Si2. The average molecular weight is 922 g/mol. The van der Waals surface area contributed by atoms with Gasteiger partial charge in [-0.05, 0) is 125 Å². The minimum Gasteiger partial charge on any atom is -0.530 e. The third-order valence-corrected chi connectivity index (χ3v) is 17.1. The largest absolute Gasteiger partial charge is 0.634 e. The van der Waals surface area contributed by atoms with Gasteiger partial charge in [0.1, 0.15) is 0 Å². The van der Waals surface area contributed by atoms with E-state index in [1.165, 1.54) is 33.4 Å². The Bertz CT molecular complexity index is 2380. The summed E-state index contributed by atoms with van der Waals surface area (Å²) in [5.74, 6) is 1.82. The number of nitrogens with zero attached hydrogens (tertiary/aromatic N) is 4. The number of anilines is 3. The summed E-state index contributed by atoms with van der Waals surface area (Å²) in [6, 6.07) is 26.5. The first-order chi connectivity index (χ1) is 31.0. The molecule has 1 heterocycles. The second-order valence-corrected chi connectivity index (χ2v) is 24.1. The Labute approximate surface area is 404 Å². The van der Waals surface area contributed by atoms with Crippen molar-refractivity contribution in [2.45, 2.75) is 179 Å². The van der Waals surface area contributed by atoms with Gasteiger partial charge in [-0.1, -0.05) is 190 Å². The fourth-order valence-electron chi connectivity index (χ4n) is 9.41. The number of rotatable bonds is 17. The van der Waals surface area contributed by atoms with Gasteiger partial charge in [0.05, 0.1) is 5.69 Å². The summed E-state index contributed by atoms with van der Waals surface area (Å²) in [5.41, 5.74) is 17.4. The highest BCUT2D eigenvalue weighted by atomic mass is 28.4. The van der Waals surface area contributed by atoms with Gasteiger partial charge in [-0.15, -0.1) is 0 Å². The van der Waals surface area contributed by atoms with Crippen LogP contribution in [-0.4, -0.2) is 24.2 Å². The number of allylic oxidation sites excluding steroid dienone is 4. The summed E-state index contributed by atoms with van der Waals surface area (Å²) in [4.78, 5) is 5.39. The van der Waals surface area contributed by atoms with Gasteiger partial charge in [0.2, 0.25) is 0 Å². The zero-order valence-corrected chi connectivity index (χ0v) is 46.0. The van der Waals surface area contributed by atoms with Crippen molar-refractivity contribution in [1.29, 1.82) is 0 Å². The molecule has 4 aromatic carbocycles. The first-order valence-corrected chi connectivity index (χ1v) is 27.2. The van der Waals surface area contributed by atoms with Crippen molar-refractivity contribution in [3.05, 3.63) is 153 Å². The molecule has 4 aromatic rings. The predicted molar refractivity (Wildman–Crippen MR) is 289 cm³/mol. The van der Waals surface area contributed by atoms with Crippen molar-refractivity contribution in [1.82, 2.24) is 0 Å². The Morgan fingerprint density at radius 2 is 0.909 bits per heavy atom. The highest BCUT2D eigenvalue weighted by Gasteiger charge is 2.47. The maximum absolute atomic E-state index is 16.4. The van der Waals surface area contributed by atoms with Gasteiger partial charge in [-0.25, -0.2) is 0 Å². The molecule has 353 valence electrons. The van der Waals surface area contributed by atoms with Gasteiger partial charge < -0.3 is 17.7 Å². The van der Waals surface area contributed by atoms with Gasteiger partial charge in [0.15, 0.2) is 0 Å². The molecule has 1 radical (unpaired) electrons. The molecule has 0 aliphatic carbocycles. The van der Waals surface area contributed by atoms with Crippen LogP contribution in [0.2, 0.25) is 0 Å². The lowest BCUT2D eigenvalue weighted by Gasteiger charge is -2.46. The molecule has 0 saturated heterocycles. The number of para-hydroxylation sites is 4. The van der Waals surface area contributed by atoms with Crippen LogP contribution in [0.1, 0.15) is 223 Å². The fourth-order valence-corrected chi connectivity index (χ4v) is 13.7. The summed E-state index contributed by atoms with van der Waals surface area (Å²) < 4.78 is 30.9. The molecule has 1 aliphatic heterocycles. The van der Waals surface area contributed by atoms with E-state index in [4.69, 9.17) is 15.7 Å². The van der Waals surface area contributed by atoms with E-state index >= 15 is 4.46 Å². The summed E-state index contributed by atoms with van der Waals surface area (Å²) in [6.07, 6.45) is 4.31. The standard InChI is InChI=1S/C58H81N4O2Si2/c1-35(2)47-25-21-26-48(36(3)4)55(47)59-43(17)33-44(18)62(58-53(41(13)14)31-24-32-54(58)42(15)16)66(63)64-65-60(56-49(37(5)6)27-22-28-50(56)38(7)8)45(19)34-46(20)61(65)57-51(39(9)10)29-23-30-52(57)40(11)12/h21-42H,19H2,1-18,20H3/b44-33-,59-43?. The van der Waals surface area contributed by atoms with Gasteiger partial charge >= 0.3 is 18.5 Å². The SMILES string of the molecule is C=C1C=C(C)N(c2c(C(C)C)cccc2C(C)C)[Si](O[Si](=O)N(/C(C)=C\C(C)=Nc2c(C(C)C)cccc2C(C)C)c2c(C(C)C)cccc2C(C)C)N1c1c(C(C)C)cccc1C(C)C. The zero-order valence-electron chi connectivity index (χ0n) is 44.0. The average Bonchev–Trinajstić information content (AvgIpc) is 3.22. The molecule has 0 bridgehead atoms. The highest BCUT2D eigenvalue weighted by Crippen LogP contribution is 2.46. The third-order valence-electron chi connectivity index (χ3n) is 12.9. The summed E-state index contributed by atoms with van der Waals surface area (Å²) in [7, 11) is -5.62. The van der Waals surface area contributed by atoms with Crippen LogP contribution in [0.4, 0.5) is 22.7 Å². The molecule has 0 amide bonds. The molecular weight excluding hydrogens is 841 g/mol. The van der Waals surface area contributed by atoms with Crippen LogP contribution in [-0.2, 0) is 8.58 Å². The lowest BCUT2D eigenvalue weighted by molar-refractivity contribution is 0.451. The predicted octanol–water partition coefficient (Wildman–Crippen LogP) is 17.0. The van der Waals surface area contributed by atoms with Crippen molar-refractivity contribution in [2.24, 2.45) is 4.99 Å². The number of benzene rings is 4. The van der Waals surface area contributed by atoms with Gasteiger partial charge in [-0.3, -0.25) is 9.56 Å². The molecule has 8 heteroatoms. The first-order valence-electron chi connectivity index (χ1n) is 24.6. The van der Waals surface area contributed by atoms with Crippen LogP contribution >= 0.6 is 0 Å². The number of hydrogen-bond acceptors (Lipinski definition) is 5. The first kappa shape index (κ1) is 52.2. The van der Waals surface area contributed by atoms with Crippen molar-refractivity contribution < 1.29 is 8.58 Å². The monoisotopic (exact) mass is 922 g/mol. The van der Waals surface area contributed by atoms with Crippen molar-refractivity contribution in [2.75, 3.05) is 13.7 Å². The molecule has 66 heavy (non-hydrogen) atoms.